The van der Waals surface area contributed by atoms with Crippen LogP contribution in [0.3, 0.4) is 0 Å². The zero-order valence-electron chi connectivity index (χ0n) is 14.9. The maximum Gasteiger partial charge on any atom is 0.266 e. The second-order valence-electron chi connectivity index (χ2n) is 6.70. The topological polar surface area (TPSA) is 76.4 Å². The number of rotatable bonds is 4. The molecule has 0 unspecified atom stereocenters. The molecule has 3 rings (SSSR count). The number of hydrogen-bond donors (Lipinski definition) is 2. The second kappa shape index (κ2) is 7.92. The maximum atomic E-state index is 12.7. The highest BCUT2D eigenvalue weighted by molar-refractivity contribution is 6.00. The van der Waals surface area contributed by atoms with Crippen molar-refractivity contribution in [3.63, 3.8) is 0 Å². The number of phenolic OH excluding ortho intramolecular Hbond substituents is 1. The van der Waals surface area contributed by atoms with Crippen LogP contribution in [0.4, 0.5) is 5.69 Å². The molecule has 0 aliphatic heterocycles. The van der Waals surface area contributed by atoms with Crippen LogP contribution in [-0.2, 0) is 4.79 Å². The van der Waals surface area contributed by atoms with E-state index < -0.39 is 0 Å². The summed E-state index contributed by atoms with van der Waals surface area (Å²) in [6, 6.07) is 13.0. The SMILES string of the molecule is CN(C(=O)/C(C#N)=C\Nc1cccc2c(O)cccc12)C1CCCCC1. The largest absolute Gasteiger partial charge is 0.507 e. The predicted octanol–water partition coefficient (Wildman–Crippen LogP) is 4.16. The van der Waals surface area contributed by atoms with E-state index in [1.807, 2.05) is 30.3 Å². The molecule has 2 aromatic carbocycles. The first-order chi connectivity index (χ1) is 12.6. The summed E-state index contributed by atoms with van der Waals surface area (Å²) in [6.45, 7) is 0. The Labute approximate surface area is 153 Å². The average Bonchev–Trinajstić information content (AvgIpc) is 2.69. The summed E-state index contributed by atoms with van der Waals surface area (Å²) in [5.41, 5.74) is 0.814. The van der Waals surface area contributed by atoms with Gasteiger partial charge < -0.3 is 15.3 Å². The van der Waals surface area contributed by atoms with Crippen molar-refractivity contribution in [1.29, 1.82) is 5.26 Å². The van der Waals surface area contributed by atoms with Crippen LogP contribution in [0, 0.1) is 11.3 Å². The molecule has 0 bridgehead atoms. The minimum absolute atomic E-state index is 0.0789. The number of nitrogens with one attached hydrogen (secondary N) is 1. The third-order valence-electron chi connectivity index (χ3n) is 5.06. The summed E-state index contributed by atoms with van der Waals surface area (Å²) >= 11 is 0. The van der Waals surface area contributed by atoms with Crippen LogP contribution >= 0.6 is 0 Å². The fraction of sp³-hybridized carbons (Fsp3) is 0.333. The van der Waals surface area contributed by atoms with Gasteiger partial charge in [0.1, 0.15) is 17.4 Å². The molecular formula is C21H23N3O2. The van der Waals surface area contributed by atoms with E-state index in [0.29, 0.717) is 0 Å². The van der Waals surface area contributed by atoms with E-state index >= 15 is 0 Å². The van der Waals surface area contributed by atoms with Gasteiger partial charge in [-0.2, -0.15) is 5.26 Å². The Morgan fingerprint density at radius 2 is 1.88 bits per heavy atom. The Morgan fingerprint density at radius 3 is 2.62 bits per heavy atom. The number of amides is 1. The van der Waals surface area contributed by atoms with Crippen molar-refractivity contribution < 1.29 is 9.90 Å². The number of carbonyl (C=O) groups excluding carboxylic acids is 1. The zero-order chi connectivity index (χ0) is 18.5. The van der Waals surface area contributed by atoms with Crippen molar-refractivity contribution >= 4 is 22.4 Å². The summed E-state index contributed by atoms with van der Waals surface area (Å²) in [6.07, 6.45) is 6.93. The molecule has 1 aliphatic carbocycles. The van der Waals surface area contributed by atoms with Crippen molar-refractivity contribution in [3.8, 4) is 11.8 Å². The number of carbonyl (C=O) groups is 1. The lowest BCUT2D eigenvalue weighted by Gasteiger charge is -2.31. The van der Waals surface area contributed by atoms with E-state index in [1.54, 1.807) is 24.1 Å². The smallest absolute Gasteiger partial charge is 0.266 e. The van der Waals surface area contributed by atoms with Crippen molar-refractivity contribution in [3.05, 3.63) is 48.2 Å². The average molecular weight is 349 g/mol. The highest BCUT2D eigenvalue weighted by Gasteiger charge is 2.24. The van der Waals surface area contributed by atoms with Gasteiger partial charge in [-0.1, -0.05) is 43.5 Å². The Bertz CT molecular complexity index is 876. The molecular weight excluding hydrogens is 326 g/mol. The number of nitrogens with zero attached hydrogens (tertiary/aromatic N) is 2. The molecule has 2 N–H and O–H groups in total. The molecule has 2 aromatic rings. The molecule has 0 spiro atoms. The molecule has 1 fully saturated rings. The highest BCUT2D eigenvalue weighted by atomic mass is 16.3. The van der Waals surface area contributed by atoms with Gasteiger partial charge >= 0.3 is 0 Å². The van der Waals surface area contributed by atoms with Gasteiger partial charge in [-0.05, 0) is 25.0 Å². The van der Waals surface area contributed by atoms with Gasteiger partial charge in [0.05, 0.1) is 0 Å². The van der Waals surface area contributed by atoms with E-state index in [2.05, 4.69) is 5.32 Å². The summed E-state index contributed by atoms with van der Waals surface area (Å²) in [5, 5.41) is 24.0. The zero-order valence-corrected chi connectivity index (χ0v) is 14.9. The van der Waals surface area contributed by atoms with Gasteiger partial charge in [0.2, 0.25) is 0 Å². The Morgan fingerprint density at radius 1 is 1.19 bits per heavy atom. The first kappa shape index (κ1) is 17.8. The molecule has 0 saturated heterocycles. The summed E-state index contributed by atoms with van der Waals surface area (Å²) < 4.78 is 0. The number of aromatic hydroxyl groups is 1. The van der Waals surface area contributed by atoms with Crippen LogP contribution in [-0.4, -0.2) is 29.0 Å². The molecule has 1 saturated carbocycles. The van der Waals surface area contributed by atoms with Crippen molar-refractivity contribution in [2.75, 3.05) is 12.4 Å². The van der Waals surface area contributed by atoms with E-state index in [0.717, 1.165) is 42.1 Å². The molecule has 0 radical (unpaired) electrons. The number of likely N-dealkylation sites (N-methyl/N-ethyl adjacent to an activating group) is 1. The van der Waals surface area contributed by atoms with E-state index in [1.165, 1.54) is 12.6 Å². The molecule has 0 aromatic heterocycles. The van der Waals surface area contributed by atoms with Crippen molar-refractivity contribution in [1.82, 2.24) is 4.90 Å². The number of hydrogen-bond acceptors (Lipinski definition) is 4. The van der Waals surface area contributed by atoms with Crippen LogP contribution in [0.25, 0.3) is 10.8 Å². The van der Waals surface area contributed by atoms with Crippen molar-refractivity contribution in [2.24, 2.45) is 0 Å². The molecule has 26 heavy (non-hydrogen) atoms. The number of nitriles is 1. The third kappa shape index (κ3) is 3.65. The van der Waals surface area contributed by atoms with Crippen LogP contribution in [0.1, 0.15) is 32.1 Å². The highest BCUT2D eigenvalue weighted by Crippen LogP contribution is 2.30. The van der Waals surface area contributed by atoms with Gasteiger partial charge in [0.15, 0.2) is 0 Å². The van der Waals surface area contributed by atoms with Gasteiger partial charge in [-0.25, -0.2) is 0 Å². The number of phenols is 1. The lowest BCUT2D eigenvalue weighted by molar-refractivity contribution is -0.128. The monoisotopic (exact) mass is 349 g/mol. The lowest BCUT2D eigenvalue weighted by Crippen LogP contribution is -2.39. The first-order valence-electron chi connectivity index (χ1n) is 8.96. The molecule has 5 nitrogen and oxygen atoms in total. The third-order valence-corrected chi connectivity index (χ3v) is 5.06. The summed E-state index contributed by atoms with van der Waals surface area (Å²) in [5.74, 6) is -0.0567. The Kier molecular flexibility index (Phi) is 5.43. The quantitative estimate of drug-likeness (QED) is 0.642. The molecule has 5 heteroatoms. The van der Waals surface area contributed by atoms with Crippen LogP contribution in [0.2, 0.25) is 0 Å². The van der Waals surface area contributed by atoms with E-state index in [-0.39, 0.29) is 23.3 Å². The first-order valence-corrected chi connectivity index (χ1v) is 8.96. The van der Waals surface area contributed by atoms with Gasteiger partial charge in [-0.15, -0.1) is 0 Å². The Balaban J connectivity index is 1.81. The van der Waals surface area contributed by atoms with Crippen LogP contribution in [0.5, 0.6) is 5.75 Å². The van der Waals surface area contributed by atoms with Gasteiger partial charge in [-0.3, -0.25) is 4.79 Å². The molecule has 1 aliphatic rings. The summed E-state index contributed by atoms with van der Waals surface area (Å²) in [7, 11) is 1.78. The lowest BCUT2D eigenvalue weighted by atomic mass is 9.94. The van der Waals surface area contributed by atoms with Gasteiger partial charge in [0.25, 0.3) is 5.91 Å². The number of benzene rings is 2. The minimum atomic E-state index is -0.255. The van der Waals surface area contributed by atoms with E-state index in [4.69, 9.17) is 0 Å². The molecule has 134 valence electrons. The standard InChI is InChI=1S/C21H23N3O2/c1-24(16-7-3-2-4-8-16)21(26)15(13-22)14-23-19-11-5-10-18-17(19)9-6-12-20(18)25/h5-6,9-12,14,16,23,25H,2-4,7-8H2,1H3/b15-14-. The van der Waals surface area contributed by atoms with Gasteiger partial charge in [0, 0.05) is 35.7 Å². The minimum Gasteiger partial charge on any atom is -0.507 e. The van der Waals surface area contributed by atoms with E-state index in [9.17, 15) is 15.2 Å². The second-order valence-corrected chi connectivity index (χ2v) is 6.70. The van der Waals surface area contributed by atoms with Crippen LogP contribution in [0.15, 0.2) is 48.2 Å². The van der Waals surface area contributed by atoms with Crippen molar-refractivity contribution in [2.45, 2.75) is 38.1 Å². The molecule has 1 amide bonds. The number of fused-ring (bicyclic) bond motifs is 1. The maximum absolute atomic E-state index is 12.7. The predicted molar refractivity (Wildman–Crippen MR) is 103 cm³/mol. The summed E-state index contributed by atoms with van der Waals surface area (Å²) in [4.78, 5) is 14.4. The normalized spacial score (nSPS) is 15.5. The number of anilines is 1. The molecule has 0 heterocycles. The Hall–Kier alpha value is -3.00. The fourth-order valence-corrected chi connectivity index (χ4v) is 3.54. The fourth-order valence-electron chi connectivity index (χ4n) is 3.54. The molecule has 0 atom stereocenters. The van der Waals surface area contributed by atoms with Crippen LogP contribution < -0.4 is 5.32 Å².